The second-order valence-electron chi connectivity index (χ2n) is 3.68. The number of terminal acetylenes is 1. The fourth-order valence-corrected chi connectivity index (χ4v) is 1.86. The fourth-order valence-electron chi connectivity index (χ4n) is 1.53. The Morgan fingerprint density at radius 1 is 1.56 bits per heavy atom. The quantitative estimate of drug-likeness (QED) is 0.832. The zero-order valence-electron chi connectivity index (χ0n) is 9.43. The molecule has 0 aliphatic carbocycles. The van der Waals surface area contributed by atoms with E-state index in [9.17, 15) is 4.39 Å². The highest BCUT2D eigenvalue weighted by atomic mass is 79.9. The number of hydrogen-bond donors (Lipinski definition) is 1. The minimum absolute atomic E-state index is 0.0157. The van der Waals surface area contributed by atoms with Gasteiger partial charge >= 0.3 is 0 Å². The summed E-state index contributed by atoms with van der Waals surface area (Å²) in [5.74, 6) is 2.42. The first kappa shape index (κ1) is 13.2. The van der Waals surface area contributed by atoms with Crippen molar-refractivity contribution in [1.82, 2.24) is 5.32 Å². The molecule has 0 radical (unpaired) electrons. The van der Waals surface area contributed by atoms with Crippen molar-refractivity contribution >= 4 is 15.9 Å². The molecule has 0 heterocycles. The predicted molar refractivity (Wildman–Crippen MR) is 68.6 cm³/mol. The van der Waals surface area contributed by atoms with Gasteiger partial charge in [-0.05, 0) is 25.5 Å². The normalized spacial score (nSPS) is 14.2. The van der Waals surface area contributed by atoms with Gasteiger partial charge in [0, 0.05) is 16.1 Å². The SMILES string of the molecule is C#CC(CC)NC(C)c1ccc(Br)cc1F. The molecule has 1 rings (SSSR count). The molecule has 1 aromatic carbocycles. The maximum atomic E-state index is 13.6. The predicted octanol–water partition coefficient (Wildman–Crippen LogP) is 3.65. The van der Waals surface area contributed by atoms with Gasteiger partial charge in [-0.1, -0.05) is 34.8 Å². The highest BCUT2D eigenvalue weighted by molar-refractivity contribution is 9.10. The summed E-state index contributed by atoms with van der Waals surface area (Å²) in [6.45, 7) is 3.91. The fraction of sp³-hybridized carbons (Fsp3) is 0.385. The Morgan fingerprint density at radius 3 is 2.75 bits per heavy atom. The summed E-state index contributed by atoms with van der Waals surface area (Å²) in [5, 5.41) is 3.20. The van der Waals surface area contributed by atoms with Gasteiger partial charge in [-0.3, -0.25) is 5.32 Å². The van der Waals surface area contributed by atoms with Crippen molar-refractivity contribution in [3.63, 3.8) is 0 Å². The van der Waals surface area contributed by atoms with Crippen LogP contribution in [0.2, 0.25) is 0 Å². The van der Waals surface area contributed by atoms with Gasteiger partial charge in [-0.15, -0.1) is 6.42 Å². The van der Waals surface area contributed by atoms with Crippen LogP contribution in [0.15, 0.2) is 22.7 Å². The molecule has 0 aromatic heterocycles. The molecule has 0 saturated carbocycles. The molecule has 0 spiro atoms. The Labute approximate surface area is 105 Å². The molecule has 1 nitrogen and oxygen atoms in total. The molecular formula is C13H15BrFN. The molecule has 0 aliphatic heterocycles. The molecular weight excluding hydrogens is 269 g/mol. The minimum Gasteiger partial charge on any atom is -0.297 e. The van der Waals surface area contributed by atoms with Crippen LogP contribution in [-0.4, -0.2) is 6.04 Å². The largest absolute Gasteiger partial charge is 0.297 e. The maximum absolute atomic E-state index is 13.6. The lowest BCUT2D eigenvalue weighted by atomic mass is 10.1. The van der Waals surface area contributed by atoms with E-state index in [-0.39, 0.29) is 17.9 Å². The first-order valence-corrected chi connectivity index (χ1v) is 6.05. The van der Waals surface area contributed by atoms with Crippen LogP contribution in [0.5, 0.6) is 0 Å². The second kappa shape index (κ2) is 6.03. The van der Waals surface area contributed by atoms with Gasteiger partial charge in [0.2, 0.25) is 0 Å². The first-order chi connectivity index (χ1) is 7.58. The summed E-state index contributed by atoms with van der Waals surface area (Å²) in [7, 11) is 0. The average molecular weight is 284 g/mol. The second-order valence-corrected chi connectivity index (χ2v) is 4.60. The number of nitrogens with one attached hydrogen (secondary N) is 1. The lowest BCUT2D eigenvalue weighted by Gasteiger charge is -2.19. The third-order valence-corrected chi connectivity index (χ3v) is 2.98. The molecule has 86 valence electrons. The van der Waals surface area contributed by atoms with Gasteiger partial charge in [0.15, 0.2) is 0 Å². The summed E-state index contributed by atoms with van der Waals surface area (Å²) in [6.07, 6.45) is 6.19. The maximum Gasteiger partial charge on any atom is 0.129 e. The number of halogens is 2. The van der Waals surface area contributed by atoms with Gasteiger partial charge in [0.25, 0.3) is 0 Å². The van der Waals surface area contributed by atoms with Crippen LogP contribution in [0, 0.1) is 18.2 Å². The van der Waals surface area contributed by atoms with Crippen molar-refractivity contribution in [1.29, 1.82) is 0 Å². The van der Waals surface area contributed by atoms with Crippen LogP contribution in [0.1, 0.15) is 31.9 Å². The molecule has 0 aliphatic rings. The molecule has 0 saturated heterocycles. The highest BCUT2D eigenvalue weighted by Gasteiger charge is 2.13. The van der Waals surface area contributed by atoms with Crippen LogP contribution in [-0.2, 0) is 0 Å². The van der Waals surface area contributed by atoms with Crippen LogP contribution >= 0.6 is 15.9 Å². The lowest BCUT2D eigenvalue weighted by Crippen LogP contribution is -2.30. The molecule has 0 fully saturated rings. The van der Waals surface area contributed by atoms with E-state index in [1.54, 1.807) is 6.07 Å². The Hall–Kier alpha value is -0.850. The van der Waals surface area contributed by atoms with E-state index in [1.165, 1.54) is 6.07 Å². The van der Waals surface area contributed by atoms with E-state index >= 15 is 0 Å². The van der Waals surface area contributed by atoms with Gasteiger partial charge in [-0.2, -0.15) is 0 Å². The molecule has 0 amide bonds. The van der Waals surface area contributed by atoms with E-state index in [2.05, 4.69) is 27.2 Å². The molecule has 1 N–H and O–H groups in total. The van der Waals surface area contributed by atoms with Gasteiger partial charge in [0.05, 0.1) is 6.04 Å². The standard InChI is InChI=1S/C13H15BrFN/c1-4-11(5-2)16-9(3)12-7-6-10(14)8-13(12)15/h1,6-9,11,16H,5H2,2-3H3. The molecule has 0 bridgehead atoms. The number of benzene rings is 1. The van der Waals surface area contributed by atoms with Crippen molar-refractivity contribution in [3.05, 3.63) is 34.1 Å². The Bertz CT molecular complexity index is 397. The van der Waals surface area contributed by atoms with Crippen LogP contribution in [0.4, 0.5) is 4.39 Å². The Balaban J connectivity index is 2.81. The summed E-state index contributed by atoms with van der Waals surface area (Å²) in [4.78, 5) is 0. The summed E-state index contributed by atoms with van der Waals surface area (Å²) in [6, 6.07) is 4.95. The molecule has 2 atom stereocenters. The zero-order chi connectivity index (χ0) is 12.1. The van der Waals surface area contributed by atoms with Crippen LogP contribution in [0.3, 0.4) is 0 Å². The van der Waals surface area contributed by atoms with E-state index in [4.69, 9.17) is 6.42 Å². The average Bonchev–Trinajstić information content (AvgIpc) is 2.25. The monoisotopic (exact) mass is 283 g/mol. The molecule has 3 heteroatoms. The zero-order valence-corrected chi connectivity index (χ0v) is 11.0. The van der Waals surface area contributed by atoms with E-state index in [1.807, 2.05) is 19.9 Å². The first-order valence-electron chi connectivity index (χ1n) is 5.25. The van der Waals surface area contributed by atoms with E-state index in [0.29, 0.717) is 5.56 Å². The van der Waals surface area contributed by atoms with E-state index < -0.39 is 0 Å². The number of rotatable bonds is 4. The van der Waals surface area contributed by atoms with Crippen molar-refractivity contribution in [2.24, 2.45) is 0 Å². The Morgan fingerprint density at radius 2 is 2.25 bits per heavy atom. The molecule has 16 heavy (non-hydrogen) atoms. The summed E-state index contributed by atoms with van der Waals surface area (Å²) in [5.41, 5.74) is 0.636. The summed E-state index contributed by atoms with van der Waals surface area (Å²) < 4.78 is 14.4. The van der Waals surface area contributed by atoms with Gasteiger partial charge in [-0.25, -0.2) is 4.39 Å². The van der Waals surface area contributed by atoms with Crippen molar-refractivity contribution < 1.29 is 4.39 Å². The Kier molecular flexibility index (Phi) is 4.98. The van der Waals surface area contributed by atoms with Crippen molar-refractivity contribution in [3.8, 4) is 12.3 Å². The molecule has 2 unspecified atom stereocenters. The van der Waals surface area contributed by atoms with Gasteiger partial charge < -0.3 is 0 Å². The third-order valence-electron chi connectivity index (χ3n) is 2.49. The topological polar surface area (TPSA) is 12.0 Å². The van der Waals surface area contributed by atoms with Crippen molar-refractivity contribution in [2.45, 2.75) is 32.4 Å². The van der Waals surface area contributed by atoms with Crippen LogP contribution < -0.4 is 5.32 Å². The minimum atomic E-state index is -0.221. The van der Waals surface area contributed by atoms with E-state index in [0.717, 1.165) is 10.9 Å². The lowest BCUT2D eigenvalue weighted by molar-refractivity contribution is 0.488. The third kappa shape index (κ3) is 3.33. The van der Waals surface area contributed by atoms with Gasteiger partial charge in [0.1, 0.15) is 5.82 Å². The van der Waals surface area contributed by atoms with Crippen LogP contribution in [0.25, 0.3) is 0 Å². The summed E-state index contributed by atoms with van der Waals surface area (Å²) >= 11 is 3.23. The molecule has 1 aromatic rings. The smallest absolute Gasteiger partial charge is 0.129 e. The number of hydrogen-bond acceptors (Lipinski definition) is 1. The highest BCUT2D eigenvalue weighted by Crippen LogP contribution is 2.21. The van der Waals surface area contributed by atoms with Crippen molar-refractivity contribution in [2.75, 3.05) is 0 Å².